The second kappa shape index (κ2) is 8.94. The summed E-state index contributed by atoms with van der Waals surface area (Å²) in [6, 6.07) is 7.73. The molecule has 0 bridgehead atoms. The Kier molecular flexibility index (Phi) is 6.10. The van der Waals surface area contributed by atoms with Crippen molar-refractivity contribution in [2.24, 2.45) is 7.05 Å². The SMILES string of the molecule is CCc1cccc(OC[C@H](O)Cn2c(N3CCOCC3)nc3c2c(=O)[nH]c(=O)n3C)c1. The van der Waals surface area contributed by atoms with E-state index in [0.717, 1.165) is 12.0 Å². The molecule has 4 rings (SSSR count). The maximum absolute atomic E-state index is 12.6. The summed E-state index contributed by atoms with van der Waals surface area (Å²) in [5, 5.41) is 10.7. The molecule has 0 amide bonds. The van der Waals surface area contributed by atoms with Crippen LogP contribution in [0.2, 0.25) is 0 Å². The summed E-state index contributed by atoms with van der Waals surface area (Å²) < 4.78 is 14.2. The minimum absolute atomic E-state index is 0.0546. The smallest absolute Gasteiger partial charge is 0.329 e. The molecule has 0 radical (unpaired) electrons. The summed E-state index contributed by atoms with van der Waals surface area (Å²) >= 11 is 0. The number of fused-ring (bicyclic) bond motifs is 1. The molecule has 0 aliphatic carbocycles. The Morgan fingerprint density at radius 3 is 2.81 bits per heavy atom. The lowest BCUT2D eigenvalue weighted by atomic mass is 10.2. The van der Waals surface area contributed by atoms with E-state index < -0.39 is 17.4 Å². The van der Waals surface area contributed by atoms with Gasteiger partial charge < -0.3 is 24.0 Å². The summed E-state index contributed by atoms with van der Waals surface area (Å²) in [5.41, 5.74) is 0.605. The van der Waals surface area contributed by atoms with E-state index in [1.54, 1.807) is 11.6 Å². The van der Waals surface area contributed by atoms with Gasteiger partial charge in [-0.15, -0.1) is 0 Å². The zero-order chi connectivity index (χ0) is 22.0. The molecule has 3 aromatic rings. The van der Waals surface area contributed by atoms with E-state index in [4.69, 9.17) is 9.47 Å². The number of aliphatic hydroxyl groups excluding tert-OH is 1. The van der Waals surface area contributed by atoms with Crippen molar-refractivity contribution >= 4 is 17.1 Å². The number of anilines is 1. The van der Waals surface area contributed by atoms with Crippen molar-refractivity contribution in [2.75, 3.05) is 37.8 Å². The predicted octanol–water partition coefficient (Wildman–Crippen LogP) is 0.262. The molecule has 1 aliphatic rings. The molecule has 10 nitrogen and oxygen atoms in total. The number of aromatic amines is 1. The number of benzene rings is 1. The molecule has 3 heterocycles. The van der Waals surface area contributed by atoms with Crippen LogP contribution in [-0.2, 0) is 24.8 Å². The van der Waals surface area contributed by atoms with Crippen LogP contribution in [0.5, 0.6) is 5.75 Å². The van der Waals surface area contributed by atoms with Gasteiger partial charge in [-0.3, -0.25) is 14.3 Å². The molecule has 1 fully saturated rings. The van der Waals surface area contributed by atoms with Gasteiger partial charge in [-0.05, 0) is 24.1 Å². The average molecular weight is 429 g/mol. The van der Waals surface area contributed by atoms with Gasteiger partial charge in [0.05, 0.1) is 19.8 Å². The highest BCUT2D eigenvalue weighted by atomic mass is 16.5. The Bertz CT molecular complexity index is 1180. The van der Waals surface area contributed by atoms with Crippen molar-refractivity contribution < 1.29 is 14.6 Å². The second-order valence-corrected chi connectivity index (χ2v) is 7.58. The van der Waals surface area contributed by atoms with Crippen LogP contribution < -0.4 is 20.9 Å². The summed E-state index contributed by atoms with van der Waals surface area (Å²) in [4.78, 5) is 33.5. The fourth-order valence-electron chi connectivity index (χ4n) is 3.71. The first-order valence-corrected chi connectivity index (χ1v) is 10.4. The van der Waals surface area contributed by atoms with Crippen molar-refractivity contribution in [2.45, 2.75) is 26.0 Å². The molecule has 0 unspecified atom stereocenters. The minimum atomic E-state index is -0.890. The van der Waals surface area contributed by atoms with Crippen molar-refractivity contribution in [3.05, 3.63) is 50.7 Å². The molecule has 1 atom stereocenters. The highest BCUT2D eigenvalue weighted by Crippen LogP contribution is 2.21. The first-order chi connectivity index (χ1) is 15.0. The molecule has 1 aliphatic heterocycles. The summed E-state index contributed by atoms with van der Waals surface area (Å²) in [6.45, 7) is 4.50. The number of H-pyrrole nitrogens is 1. The summed E-state index contributed by atoms with van der Waals surface area (Å²) in [5.74, 6) is 1.21. The third-order valence-corrected chi connectivity index (χ3v) is 5.42. The molecule has 166 valence electrons. The van der Waals surface area contributed by atoms with Gasteiger partial charge >= 0.3 is 5.69 Å². The van der Waals surface area contributed by atoms with Gasteiger partial charge in [0.25, 0.3) is 5.56 Å². The fourth-order valence-corrected chi connectivity index (χ4v) is 3.71. The Labute approximate surface area is 178 Å². The normalized spacial score (nSPS) is 15.4. The van der Waals surface area contributed by atoms with E-state index >= 15 is 0 Å². The van der Waals surface area contributed by atoms with E-state index in [1.165, 1.54) is 4.57 Å². The predicted molar refractivity (Wildman–Crippen MR) is 116 cm³/mol. The van der Waals surface area contributed by atoms with Crippen LogP contribution in [0.15, 0.2) is 33.9 Å². The number of aromatic nitrogens is 4. The number of aryl methyl sites for hydroxylation is 2. The second-order valence-electron chi connectivity index (χ2n) is 7.58. The Morgan fingerprint density at radius 2 is 2.06 bits per heavy atom. The van der Waals surface area contributed by atoms with Gasteiger partial charge in [0.1, 0.15) is 18.5 Å². The number of rotatable bonds is 7. The molecular formula is C21H27N5O5. The van der Waals surface area contributed by atoms with Gasteiger partial charge in [0.15, 0.2) is 11.2 Å². The molecule has 31 heavy (non-hydrogen) atoms. The standard InChI is InChI=1S/C21H27N5O5/c1-3-14-5-4-6-16(11-14)31-13-15(27)12-26-17-18(24(2)21(29)23-19(17)28)22-20(26)25-7-9-30-10-8-25/h4-6,11,15,27H,3,7-10,12-13H2,1-2H3,(H,23,28,29)/t15-/m1/s1. The highest BCUT2D eigenvalue weighted by molar-refractivity contribution is 5.74. The lowest BCUT2D eigenvalue weighted by Crippen LogP contribution is -2.39. The molecule has 1 aromatic carbocycles. The first-order valence-electron chi connectivity index (χ1n) is 10.4. The Morgan fingerprint density at radius 1 is 1.29 bits per heavy atom. The molecule has 2 N–H and O–H groups in total. The summed E-state index contributed by atoms with van der Waals surface area (Å²) in [6.07, 6.45) is 0.00432. The number of hydrogen-bond donors (Lipinski definition) is 2. The number of ether oxygens (including phenoxy) is 2. The first kappa shape index (κ1) is 21.1. The van der Waals surface area contributed by atoms with Gasteiger partial charge in [-0.25, -0.2) is 4.79 Å². The molecule has 0 saturated carbocycles. The highest BCUT2D eigenvalue weighted by Gasteiger charge is 2.24. The molecule has 1 saturated heterocycles. The van der Waals surface area contributed by atoms with Gasteiger partial charge in [-0.2, -0.15) is 4.98 Å². The summed E-state index contributed by atoms with van der Waals surface area (Å²) in [7, 11) is 1.56. The molecular weight excluding hydrogens is 402 g/mol. The van der Waals surface area contributed by atoms with E-state index in [9.17, 15) is 14.7 Å². The molecule has 10 heteroatoms. The maximum atomic E-state index is 12.6. The van der Waals surface area contributed by atoms with Gasteiger partial charge in [-0.1, -0.05) is 19.1 Å². The lowest BCUT2D eigenvalue weighted by Gasteiger charge is -2.28. The number of imidazole rings is 1. The quantitative estimate of drug-likeness (QED) is 0.554. The van der Waals surface area contributed by atoms with Crippen molar-refractivity contribution in [1.82, 2.24) is 19.1 Å². The lowest BCUT2D eigenvalue weighted by molar-refractivity contribution is 0.0927. The van der Waals surface area contributed by atoms with E-state index in [-0.39, 0.29) is 24.3 Å². The maximum Gasteiger partial charge on any atom is 0.329 e. The zero-order valence-electron chi connectivity index (χ0n) is 17.7. The number of aliphatic hydroxyl groups is 1. The third kappa shape index (κ3) is 4.35. The monoisotopic (exact) mass is 429 g/mol. The largest absolute Gasteiger partial charge is 0.491 e. The topological polar surface area (TPSA) is 115 Å². The number of morpholine rings is 1. The van der Waals surface area contributed by atoms with Crippen LogP contribution in [0.25, 0.3) is 11.2 Å². The fraction of sp³-hybridized carbons (Fsp3) is 0.476. The molecule has 0 spiro atoms. The van der Waals surface area contributed by atoms with E-state index in [2.05, 4.69) is 16.9 Å². The van der Waals surface area contributed by atoms with Crippen LogP contribution in [0.4, 0.5) is 5.95 Å². The van der Waals surface area contributed by atoms with Crippen molar-refractivity contribution in [3.8, 4) is 5.75 Å². The van der Waals surface area contributed by atoms with Crippen LogP contribution in [-0.4, -0.2) is 63.2 Å². The Hall–Kier alpha value is -3.11. The van der Waals surface area contributed by atoms with Gasteiger partial charge in [0.2, 0.25) is 5.95 Å². The average Bonchev–Trinajstić information content (AvgIpc) is 3.16. The number of nitrogens with one attached hydrogen (secondary N) is 1. The van der Waals surface area contributed by atoms with Crippen LogP contribution >= 0.6 is 0 Å². The van der Waals surface area contributed by atoms with Crippen molar-refractivity contribution in [1.29, 1.82) is 0 Å². The molecule has 2 aromatic heterocycles. The third-order valence-electron chi connectivity index (χ3n) is 5.42. The number of nitrogens with zero attached hydrogens (tertiary/aromatic N) is 4. The van der Waals surface area contributed by atoms with Gasteiger partial charge in [0, 0.05) is 20.1 Å². The number of hydrogen-bond acceptors (Lipinski definition) is 7. The van der Waals surface area contributed by atoms with Crippen LogP contribution in [0.1, 0.15) is 12.5 Å². The van der Waals surface area contributed by atoms with Crippen LogP contribution in [0.3, 0.4) is 0 Å². The zero-order valence-corrected chi connectivity index (χ0v) is 17.7. The Balaban J connectivity index is 1.63. The van der Waals surface area contributed by atoms with Crippen LogP contribution in [0, 0.1) is 0 Å². The van der Waals surface area contributed by atoms with Crippen molar-refractivity contribution in [3.63, 3.8) is 0 Å². The van der Waals surface area contributed by atoms with E-state index in [1.807, 2.05) is 29.2 Å². The minimum Gasteiger partial charge on any atom is -0.491 e. The van der Waals surface area contributed by atoms with E-state index in [0.29, 0.717) is 38.0 Å².